The first-order chi connectivity index (χ1) is 11.2. The average molecular weight is 334 g/mol. The van der Waals surface area contributed by atoms with Gasteiger partial charge in [-0.3, -0.25) is 9.59 Å². The first kappa shape index (κ1) is 15.1. The van der Waals surface area contributed by atoms with E-state index in [2.05, 4.69) is 10.6 Å². The zero-order valence-electron chi connectivity index (χ0n) is 13.2. The van der Waals surface area contributed by atoms with Gasteiger partial charge in [-0.15, -0.1) is 11.3 Å². The van der Waals surface area contributed by atoms with E-state index in [0.29, 0.717) is 19.3 Å². The fraction of sp³-hybridized carbons (Fsp3) is 0.647. The van der Waals surface area contributed by atoms with Gasteiger partial charge >= 0.3 is 0 Å². The molecule has 5 nitrogen and oxygen atoms in total. The number of anilines is 1. The predicted molar refractivity (Wildman–Crippen MR) is 89.0 cm³/mol. The van der Waals surface area contributed by atoms with Crippen LogP contribution >= 0.6 is 11.3 Å². The lowest BCUT2D eigenvalue weighted by atomic mass is 9.99. The molecular weight excluding hydrogens is 312 g/mol. The lowest BCUT2D eigenvalue weighted by Crippen LogP contribution is -2.30. The van der Waals surface area contributed by atoms with Crippen LogP contribution in [0.1, 0.15) is 52.9 Å². The van der Waals surface area contributed by atoms with Crippen LogP contribution in [0.2, 0.25) is 0 Å². The highest BCUT2D eigenvalue weighted by molar-refractivity contribution is 7.17. The Bertz CT molecular complexity index is 630. The zero-order chi connectivity index (χ0) is 15.8. The van der Waals surface area contributed by atoms with Crippen molar-refractivity contribution in [2.75, 3.05) is 18.5 Å². The highest BCUT2D eigenvalue weighted by atomic mass is 32.1. The van der Waals surface area contributed by atoms with Crippen molar-refractivity contribution < 1.29 is 14.3 Å². The molecule has 1 saturated heterocycles. The predicted octanol–water partition coefficient (Wildman–Crippen LogP) is 2.49. The van der Waals surface area contributed by atoms with Gasteiger partial charge in [0.2, 0.25) is 5.91 Å². The summed E-state index contributed by atoms with van der Waals surface area (Å²) in [6.45, 7) is 1.29. The zero-order valence-corrected chi connectivity index (χ0v) is 14.0. The number of ether oxygens (including phenoxy) is 1. The maximum Gasteiger partial charge on any atom is 0.254 e. The first-order valence-corrected chi connectivity index (χ1v) is 9.38. The summed E-state index contributed by atoms with van der Waals surface area (Å²) < 4.78 is 5.32. The van der Waals surface area contributed by atoms with E-state index >= 15 is 0 Å². The number of fused-ring (bicyclic) bond motifs is 1. The van der Waals surface area contributed by atoms with Crippen LogP contribution in [0.15, 0.2) is 0 Å². The third-order valence-electron chi connectivity index (χ3n) is 4.89. The number of hydrogen-bond acceptors (Lipinski definition) is 4. The molecule has 124 valence electrons. The summed E-state index contributed by atoms with van der Waals surface area (Å²) in [5, 5.41) is 6.88. The van der Waals surface area contributed by atoms with E-state index in [4.69, 9.17) is 4.74 Å². The maximum atomic E-state index is 12.6. The molecular formula is C17H22N2O3S. The molecule has 2 heterocycles. The highest BCUT2D eigenvalue weighted by Gasteiger charge is 2.32. The minimum atomic E-state index is -0.00539. The van der Waals surface area contributed by atoms with Crippen molar-refractivity contribution >= 4 is 28.2 Å². The van der Waals surface area contributed by atoms with Crippen molar-refractivity contribution in [2.24, 2.45) is 5.92 Å². The van der Waals surface area contributed by atoms with Gasteiger partial charge in [0.25, 0.3) is 5.91 Å². The first-order valence-electron chi connectivity index (χ1n) is 8.56. The third-order valence-corrected chi connectivity index (χ3v) is 6.10. The molecule has 0 unspecified atom stereocenters. The van der Waals surface area contributed by atoms with Gasteiger partial charge in [0, 0.05) is 30.1 Å². The van der Waals surface area contributed by atoms with Crippen LogP contribution in [0, 0.1) is 5.92 Å². The van der Waals surface area contributed by atoms with Crippen LogP contribution in [0.5, 0.6) is 0 Å². The summed E-state index contributed by atoms with van der Waals surface area (Å²) in [6, 6.07) is 0.332. The molecule has 0 aromatic carbocycles. The van der Waals surface area contributed by atoms with Gasteiger partial charge in [0.05, 0.1) is 5.56 Å². The number of carbonyl (C=O) groups excluding carboxylic acids is 2. The van der Waals surface area contributed by atoms with E-state index < -0.39 is 0 Å². The van der Waals surface area contributed by atoms with E-state index in [-0.39, 0.29) is 17.7 Å². The molecule has 1 aromatic rings. The SMILES string of the molecule is O=C(NC1CC1)c1c(NC(=O)C2CCOCC2)sc2c1CCC2. The maximum absolute atomic E-state index is 12.6. The molecule has 6 heteroatoms. The number of nitrogens with one attached hydrogen (secondary N) is 2. The topological polar surface area (TPSA) is 67.4 Å². The van der Waals surface area contributed by atoms with Crippen molar-refractivity contribution in [3.05, 3.63) is 16.0 Å². The number of amides is 2. The van der Waals surface area contributed by atoms with Crippen LogP contribution in [0.25, 0.3) is 0 Å². The second-order valence-corrected chi connectivity index (χ2v) is 7.79. The molecule has 0 spiro atoms. The Morgan fingerprint density at radius 2 is 1.87 bits per heavy atom. The molecule has 3 aliphatic rings. The summed E-state index contributed by atoms with van der Waals surface area (Å²) in [6.07, 6.45) is 6.76. The minimum absolute atomic E-state index is 0.0000314. The van der Waals surface area contributed by atoms with E-state index in [9.17, 15) is 9.59 Å². The Balaban J connectivity index is 1.54. The summed E-state index contributed by atoms with van der Waals surface area (Å²) in [5.41, 5.74) is 1.89. The fourth-order valence-electron chi connectivity index (χ4n) is 3.39. The summed E-state index contributed by atoms with van der Waals surface area (Å²) >= 11 is 1.59. The van der Waals surface area contributed by atoms with Gasteiger partial charge in [-0.05, 0) is 50.5 Å². The van der Waals surface area contributed by atoms with Gasteiger partial charge in [-0.25, -0.2) is 0 Å². The second-order valence-electron chi connectivity index (χ2n) is 6.69. The highest BCUT2D eigenvalue weighted by Crippen LogP contribution is 2.40. The molecule has 1 saturated carbocycles. The summed E-state index contributed by atoms with van der Waals surface area (Å²) in [4.78, 5) is 26.4. The lowest BCUT2D eigenvalue weighted by Gasteiger charge is -2.21. The van der Waals surface area contributed by atoms with E-state index in [0.717, 1.165) is 61.1 Å². The third kappa shape index (κ3) is 3.15. The van der Waals surface area contributed by atoms with Crippen molar-refractivity contribution in [1.29, 1.82) is 0 Å². The fourth-order valence-corrected chi connectivity index (χ4v) is 4.68. The number of rotatable bonds is 4. The van der Waals surface area contributed by atoms with Gasteiger partial charge in [0.15, 0.2) is 0 Å². The number of hydrogen-bond donors (Lipinski definition) is 2. The van der Waals surface area contributed by atoms with Gasteiger partial charge in [0.1, 0.15) is 5.00 Å². The summed E-state index contributed by atoms with van der Waals surface area (Å²) in [5.74, 6) is 0.0305. The number of carbonyl (C=O) groups is 2. The largest absolute Gasteiger partial charge is 0.381 e. The van der Waals surface area contributed by atoms with Crippen LogP contribution < -0.4 is 10.6 Å². The standard InChI is InChI=1S/C17H22N2O3S/c20-15(10-6-8-22-9-7-10)19-17-14(16(21)18-11-4-5-11)12-2-1-3-13(12)23-17/h10-11H,1-9H2,(H,18,21)(H,19,20). The lowest BCUT2D eigenvalue weighted by molar-refractivity contribution is -0.122. The van der Waals surface area contributed by atoms with Crippen LogP contribution in [-0.2, 0) is 22.4 Å². The summed E-state index contributed by atoms with van der Waals surface area (Å²) in [7, 11) is 0. The molecule has 0 atom stereocenters. The second kappa shape index (κ2) is 6.24. The van der Waals surface area contributed by atoms with Gasteiger partial charge in [-0.1, -0.05) is 0 Å². The Hall–Kier alpha value is -1.40. The molecule has 1 aliphatic heterocycles. The van der Waals surface area contributed by atoms with Crippen molar-refractivity contribution in [3.63, 3.8) is 0 Å². The van der Waals surface area contributed by atoms with E-state index in [1.165, 1.54) is 4.88 Å². The molecule has 1 aromatic heterocycles. The molecule has 2 fully saturated rings. The average Bonchev–Trinajstić information content (AvgIpc) is 3.14. The monoisotopic (exact) mass is 334 g/mol. The quantitative estimate of drug-likeness (QED) is 0.889. The molecule has 0 bridgehead atoms. The Labute approximate surface area is 139 Å². The number of aryl methyl sites for hydroxylation is 1. The molecule has 0 radical (unpaired) electrons. The normalized spacial score (nSPS) is 21.0. The molecule has 2 amide bonds. The van der Waals surface area contributed by atoms with Crippen LogP contribution in [-0.4, -0.2) is 31.1 Å². The van der Waals surface area contributed by atoms with Crippen molar-refractivity contribution in [1.82, 2.24) is 5.32 Å². The molecule has 4 rings (SSSR count). The Morgan fingerprint density at radius 1 is 1.09 bits per heavy atom. The Morgan fingerprint density at radius 3 is 2.61 bits per heavy atom. The number of thiophene rings is 1. The van der Waals surface area contributed by atoms with E-state index in [1.807, 2.05) is 0 Å². The van der Waals surface area contributed by atoms with Crippen molar-refractivity contribution in [3.8, 4) is 0 Å². The molecule has 23 heavy (non-hydrogen) atoms. The van der Waals surface area contributed by atoms with Crippen molar-refractivity contribution in [2.45, 2.75) is 51.0 Å². The van der Waals surface area contributed by atoms with E-state index in [1.54, 1.807) is 11.3 Å². The Kier molecular flexibility index (Phi) is 4.11. The van der Waals surface area contributed by atoms with Crippen LogP contribution in [0.3, 0.4) is 0 Å². The smallest absolute Gasteiger partial charge is 0.254 e. The van der Waals surface area contributed by atoms with Gasteiger partial charge in [-0.2, -0.15) is 0 Å². The minimum Gasteiger partial charge on any atom is -0.381 e. The van der Waals surface area contributed by atoms with Crippen LogP contribution in [0.4, 0.5) is 5.00 Å². The molecule has 2 aliphatic carbocycles. The van der Waals surface area contributed by atoms with Gasteiger partial charge < -0.3 is 15.4 Å². The molecule has 2 N–H and O–H groups in total.